The van der Waals surface area contributed by atoms with Gasteiger partial charge < -0.3 is 10.9 Å². The quantitative estimate of drug-likeness (QED) is 0.251. The summed E-state index contributed by atoms with van der Waals surface area (Å²) in [6.07, 6.45) is -4.68. The lowest BCUT2D eigenvalue weighted by atomic mass is 10.1. The van der Waals surface area contributed by atoms with E-state index in [0.29, 0.717) is 18.2 Å². The first-order valence-electron chi connectivity index (χ1n) is 3.71. The monoisotopic (exact) mass is 222 g/mol. The molecule has 7 heteroatoms. The molecule has 3 N–H and O–H groups in total. The second-order valence-corrected chi connectivity index (χ2v) is 2.67. The lowest BCUT2D eigenvalue weighted by molar-refractivity contribution is -0.137. The average molecular weight is 222 g/mol. The van der Waals surface area contributed by atoms with Gasteiger partial charge in [-0.2, -0.15) is 13.2 Å². The summed E-state index contributed by atoms with van der Waals surface area (Å²) < 4.78 is 49.8. The van der Waals surface area contributed by atoms with Crippen LogP contribution in [0.2, 0.25) is 0 Å². The Morgan fingerprint density at radius 1 is 1.33 bits per heavy atom. The fourth-order valence-corrected chi connectivity index (χ4v) is 1.03. The van der Waals surface area contributed by atoms with Gasteiger partial charge in [-0.05, 0) is 18.2 Å². The first kappa shape index (κ1) is 11.3. The van der Waals surface area contributed by atoms with Crippen molar-refractivity contribution < 1.29 is 22.8 Å². The molecule has 0 saturated carbocycles. The van der Waals surface area contributed by atoms with E-state index in [-0.39, 0.29) is 0 Å². The fourth-order valence-electron chi connectivity index (χ4n) is 1.03. The van der Waals surface area contributed by atoms with Crippen molar-refractivity contribution in [3.05, 3.63) is 35.1 Å². The lowest BCUT2D eigenvalue weighted by Gasteiger charge is -2.11. The van der Waals surface area contributed by atoms with Gasteiger partial charge in [0.2, 0.25) is 0 Å². The van der Waals surface area contributed by atoms with Gasteiger partial charge in [0.25, 0.3) is 0 Å². The number of amidine groups is 1. The standard InChI is InChI=1S/C8H6F4N2O/c9-4-1-2-6(8(10,11)12)5(3-4)7(13)14-15/h1-3,15H,(H2,13,14). The van der Waals surface area contributed by atoms with Crippen LogP contribution in [0, 0.1) is 5.82 Å². The number of benzene rings is 1. The molecule has 82 valence electrons. The number of nitrogens with two attached hydrogens (primary N) is 1. The number of hydrogen-bond donors (Lipinski definition) is 2. The topological polar surface area (TPSA) is 58.6 Å². The number of hydrogen-bond acceptors (Lipinski definition) is 2. The number of rotatable bonds is 1. The summed E-state index contributed by atoms with van der Waals surface area (Å²) in [6.45, 7) is 0. The minimum absolute atomic E-state index is 0.530. The molecule has 0 amide bonds. The van der Waals surface area contributed by atoms with Gasteiger partial charge in [-0.15, -0.1) is 0 Å². The maximum Gasteiger partial charge on any atom is 0.417 e. The Labute approximate surface area is 81.8 Å². The highest BCUT2D eigenvalue weighted by Crippen LogP contribution is 2.32. The number of nitrogens with zero attached hydrogens (tertiary/aromatic N) is 1. The highest BCUT2D eigenvalue weighted by molar-refractivity contribution is 5.98. The van der Waals surface area contributed by atoms with E-state index >= 15 is 0 Å². The lowest BCUT2D eigenvalue weighted by Crippen LogP contribution is -2.20. The molecule has 0 fully saturated rings. The van der Waals surface area contributed by atoms with Crippen molar-refractivity contribution in [2.24, 2.45) is 10.9 Å². The van der Waals surface area contributed by atoms with Crippen molar-refractivity contribution in [1.29, 1.82) is 0 Å². The molecule has 3 nitrogen and oxygen atoms in total. The Morgan fingerprint density at radius 2 is 1.93 bits per heavy atom. The van der Waals surface area contributed by atoms with Crippen LogP contribution < -0.4 is 5.73 Å². The number of oxime groups is 1. The van der Waals surface area contributed by atoms with Crippen molar-refractivity contribution in [3.8, 4) is 0 Å². The van der Waals surface area contributed by atoms with E-state index in [2.05, 4.69) is 5.16 Å². The maximum absolute atomic E-state index is 12.7. The Kier molecular flexibility index (Phi) is 2.83. The van der Waals surface area contributed by atoms with Crippen LogP contribution in [-0.4, -0.2) is 11.0 Å². The van der Waals surface area contributed by atoms with Gasteiger partial charge in [-0.1, -0.05) is 5.16 Å². The number of halogens is 4. The third-order valence-corrected chi connectivity index (χ3v) is 1.67. The molecule has 0 aliphatic carbocycles. The molecule has 1 aromatic rings. The zero-order chi connectivity index (χ0) is 11.6. The summed E-state index contributed by atoms with van der Waals surface area (Å²) >= 11 is 0. The summed E-state index contributed by atoms with van der Waals surface area (Å²) in [4.78, 5) is 0. The predicted molar refractivity (Wildman–Crippen MR) is 43.9 cm³/mol. The third-order valence-electron chi connectivity index (χ3n) is 1.67. The molecule has 1 rings (SSSR count). The molecule has 0 saturated heterocycles. The van der Waals surface area contributed by atoms with Crippen molar-refractivity contribution in [1.82, 2.24) is 0 Å². The van der Waals surface area contributed by atoms with Crippen molar-refractivity contribution in [2.75, 3.05) is 0 Å². The van der Waals surface area contributed by atoms with E-state index in [4.69, 9.17) is 10.9 Å². The van der Waals surface area contributed by atoms with Crippen LogP contribution in [0.1, 0.15) is 11.1 Å². The molecule has 0 aliphatic heterocycles. The van der Waals surface area contributed by atoms with Crippen LogP contribution in [0.15, 0.2) is 23.4 Å². The van der Waals surface area contributed by atoms with E-state index < -0.39 is 29.0 Å². The molecule has 0 atom stereocenters. The van der Waals surface area contributed by atoms with Crippen molar-refractivity contribution >= 4 is 5.84 Å². The molecular weight excluding hydrogens is 216 g/mol. The largest absolute Gasteiger partial charge is 0.417 e. The minimum Gasteiger partial charge on any atom is -0.409 e. The van der Waals surface area contributed by atoms with E-state index in [1.54, 1.807) is 0 Å². The van der Waals surface area contributed by atoms with Gasteiger partial charge >= 0.3 is 6.18 Å². The molecular formula is C8H6F4N2O. The molecule has 0 aromatic heterocycles. The van der Waals surface area contributed by atoms with Crippen molar-refractivity contribution in [2.45, 2.75) is 6.18 Å². The van der Waals surface area contributed by atoms with Gasteiger partial charge in [-0.25, -0.2) is 4.39 Å². The van der Waals surface area contributed by atoms with E-state index in [1.165, 1.54) is 0 Å². The van der Waals surface area contributed by atoms with E-state index in [0.717, 1.165) is 0 Å². The van der Waals surface area contributed by atoms with Crippen LogP contribution in [0.4, 0.5) is 17.6 Å². The van der Waals surface area contributed by atoms with Gasteiger partial charge in [0, 0.05) is 5.56 Å². The van der Waals surface area contributed by atoms with Crippen LogP contribution in [-0.2, 0) is 6.18 Å². The maximum atomic E-state index is 12.7. The third kappa shape index (κ3) is 2.36. The molecule has 0 spiro atoms. The first-order valence-corrected chi connectivity index (χ1v) is 3.71. The van der Waals surface area contributed by atoms with E-state index in [1.807, 2.05) is 0 Å². The molecule has 0 radical (unpaired) electrons. The van der Waals surface area contributed by atoms with Crippen LogP contribution in [0.25, 0.3) is 0 Å². The molecule has 0 aliphatic rings. The summed E-state index contributed by atoms with van der Waals surface area (Å²) in [5, 5.41) is 10.6. The predicted octanol–water partition coefficient (Wildman–Crippen LogP) is 1.94. The second kappa shape index (κ2) is 3.76. The summed E-state index contributed by atoms with van der Waals surface area (Å²) in [6, 6.07) is 1.73. The SMILES string of the molecule is N/C(=N\O)c1cc(F)ccc1C(F)(F)F. The first-order chi connectivity index (χ1) is 6.86. The summed E-state index contributed by atoms with van der Waals surface area (Å²) in [7, 11) is 0. The smallest absolute Gasteiger partial charge is 0.409 e. The highest BCUT2D eigenvalue weighted by Gasteiger charge is 2.34. The van der Waals surface area contributed by atoms with E-state index in [9.17, 15) is 17.6 Å². The van der Waals surface area contributed by atoms with Gasteiger partial charge in [0.1, 0.15) is 5.82 Å². The Bertz CT molecular complexity index is 400. The summed E-state index contributed by atoms with van der Waals surface area (Å²) in [5.41, 5.74) is 3.15. The Balaban J connectivity index is 3.40. The van der Waals surface area contributed by atoms with Crippen LogP contribution >= 0.6 is 0 Å². The zero-order valence-corrected chi connectivity index (χ0v) is 7.22. The van der Waals surface area contributed by atoms with Crippen molar-refractivity contribution in [3.63, 3.8) is 0 Å². The van der Waals surface area contributed by atoms with Gasteiger partial charge in [0.15, 0.2) is 5.84 Å². The molecule has 15 heavy (non-hydrogen) atoms. The average Bonchev–Trinajstić information content (AvgIpc) is 2.14. The highest BCUT2D eigenvalue weighted by atomic mass is 19.4. The van der Waals surface area contributed by atoms with Gasteiger partial charge in [0.05, 0.1) is 5.56 Å². The summed E-state index contributed by atoms with van der Waals surface area (Å²) in [5.74, 6) is -1.69. The Morgan fingerprint density at radius 3 is 2.40 bits per heavy atom. The normalized spacial score (nSPS) is 12.9. The van der Waals surface area contributed by atoms with Gasteiger partial charge in [-0.3, -0.25) is 0 Å². The molecule has 0 heterocycles. The second-order valence-electron chi connectivity index (χ2n) is 2.67. The molecule has 1 aromatic carbocycles. The minimum atomic E-state index is -4.68. The fraction of sp³-hybridized carbons (Fsp3) is 0.125. The van der Waals surface area contributed by atoms with Crippen LogP contribution in [0.5, 0.6) is 0 Å². The molecule has 0 bridgehead atoms. The van der Waals surface area contributed by atoms with Crippen LogP contribution in [0.3, 0.4) is 0 Å². The molecule has 0 unspecified atom stereocenters. The Hall–Kier alpha value is -1.79. The zero-order valence-electron chi connectivity index (χ0n) is 7.22. The number of alkyl halides is 3.